The molecule has 0 fully saturated rings. The van der Waals surface area contributed by atoms with Gasteiger partial charge in [0.2, 0.25) is 5.91 Å². The van der Waals surface area contributed by atoms with E-state index in [0.717, 1.165) is 12.1 Å². The lowest BCUT2D eigenvalue weighted by atomic mass is 10.1. The van der Waals surface area contributed by atoms with E-state index in [4.69, 9.17) is 4.74 Å². The molecule has 0 aliphatic carbocycles. The number of carbonyl (C=O) groups excluding carboxylic acids is 3. The van der Waals surface area contributed by atoms with E-state index in [0.29, 0.717) is 17.0 Å². The Bertz CT molecular complexity index is 874. The smallest absolute Gasteiger partial charge is 0.265 e. The van der Waals surface area contributed by atoms with Crippen molar-refractivity contribution in [3.8, 4) is 5.75 Å². The van der Waals surface area contributed by atoms with Gasteiger partial charge in [-0.3, -0.25) is 14.4 Å². The monoisotopic (exact) mass is 366 g/mol. The number of nitrogens with zero attached hydrogens (tertiary/aromatic N) is 1. The molecule has 0 saturated heterocycles. The number of fused-ring (bicyclic) bond motifs is 1. The third-order valence-electron chi connectivity index (χ3n) is 4.52. The van der Waals surface area contributed by atoms with E-state index in [1.165, 1.54) is 17.4 Å². The van der Waals surface area contributed by atoms with Gasteiger partial charge < -0.3 is 15.0 Å². The zero-order valence-corrected chi connectivity index (χ0v) is 15.5. The summed E-state index contributed by atoms with van der Waals surface area (Å²) in [5.41, 5.74) is 2.95. The van der Waals surface area contributed by atoms with Gasteiger partial charge in [0.1, 0.15) is 5.75 Å². The van der Waals surface area contributed by atoms with Crippen LogP contribution >= 0.6 is 0 Å². The summed E-state index contributed by atoms with van der Waals surface area (Å²) in [7, 11) is 0. The van der Waals surface area contributed by atoms with Gasteiger partial charge in [0.15, 0.2) is 12.4 Å². The molecule has 27 heavy (non-hydrogen) atoms. The highest BCUT2D eigenvalue weighted by atomic mass is 16.5. The van der Waals surface area contributed by atoms with Crippen molar-refractivity contribution < 1.29 is 19.1 Å². The number of aryl methyl sites for hydroxylation is 1. The van der Waals surface area contributed by atoms with Crippen LogP contribution in [0.5, 0.6) is 5.75 Å². The topological polar surface area (TPSA) is 75.7 Å². The van der Waals surface area contributed by atoms with Crippen LogP contribution in [-0.2, 0) is 16.0 Å². The van der Waals surface area contributed by atoms with Crippen LogP contribution in [0, 0.1) is 0 Å². The minimum Gasteiger partial charge on any atom is -0.482 e. The number of hydrogen-bond donors (Lipinski definition) is 1. The Kier molecular flexibility index (Phi) is 5.54. The number of Topliss-reactive ketones (excluding diaryl/α,β-unsaturated/α-hetero) is 1. The molecule has 1 aliphatic rings. The number of nitrogens with one attached hydrogen (secondary N) is 1. The fraction of sp³-hybridized carbons (Fsp3) is 0.286. The van der Waals surface area contributed by atoms with Gasteiger partial charge in [-0.2, -0.15) is 0 Å². The van der Waals surface area contributed by atoms with Crippen LogP contribution in [-0.4, -0.2) is 30.7 Å². The van der Waals surface area contributed by atoms with Crippen LogP contribution in [0.1, 0.15) is 36.2 Å². The van der Waals surface area contributed by atoms with E-state index < -0.39 is 0 Å². The summed E-state index contributed by atoms with van der Waals surface area (Å²) in [5.74, 6) is 0.0327. The van der Waals surface area contributed by atoms with Crippen LogP contribution in [0.3, 0.4) is 0 Å². The third kappa shape index (κ3) is 4.34. The average Bonchev–Trinajstić information content (AvgIpc) is 2.67. The molecule has 0 saturated carbocycles. The second-order valence-corrected chi connectivity index (χ2v) is 6.42. The number of ketones is 1. The molecule has 0 bridgehead atoms. The number of anilines is 2. The van der Waals surface area contributed by atoms with Gasteiger partial charge in [-0.15, -0.1) is 0 Å². The molecule has 0 radical (unpaired) electrons. The lowest BCUT2D eigenvalue weighted by Crippen LogP contribution is -2.40. The maximum atomic E-state index is 12.3. The molecule has 0 spiro atoms. The van der Waals surface area contributed by atoms with Crippen molar-refractivity contribution in [2.45, 2.75) is 26.7 Å². The Hall–Kier alpha value is -3.15. The molecule has 2 amide bonds. The number of benzene rings is 2. The number of amides is 2. The summed E-state index contributed by atoms with van der Waals surface area (Å²) >= 11 is 0. The summed E-state index contributed by atoms with van der Waals surface area (Å²) in [6, 6.07) is 12.7. The molecular weight excluding hydrogens is 344 g/mol. The van der Waals surface area contributed by atoms with E-state index >= 15 is 0 Å². The first kappa shape index (κ1) is 18.6. The van der Waals surface area contributed by atoms with E-state index in [1.807, 2.05) is 24.3 Å². The zero-order chi connectivity index (χ0) is 19.4. The lowest BCUT2D eigenvalue weighted by Gasteiger charge is -2.29. The largest absolute Gasteiger partial charge is 0.482 e. The molecule has 140 valence electrons. The maximum absolute atomic E-state index is 12.3. The van der Waals surface area contributed by atoms with Crippen molar-refractivity contribution in [1.29, 1.82) is 0 Å². The summed E-state index contributed by atoms with van der Waals surface area (Å²) in [6.45, 7) is 3.68. The van der Waals surface area contributed by atoms with E-state index in [2.05, 4.69) is 12.2 Å². The molecule has 0 unspecified atom stereocenters. The van der Waals surface area contributed by atoms with Gasteiger partial charge in [-0.25, -0.2) is 0 Å². The van der Waals surface area contributed by atoms with Crippen molar-refractivity contribution >= 4 is 29.0 Å². The third-order valence-corrected chi connectivity index (χ3v) is 4.52. The Morgan fingerprint density at radius 3 is 2.56 bits per heavy atom. The molecular formula is C21H22N2O4. The molecule has 1 N–H and O–H groups in total. The predicted octanol–water partition coefficient (Wildman–Crippen LogP) is 3.21. The van der Waals surface area contributed by atoms with Crippen molar-refractivity contribution in [2.75, 3.05) is 23.4 Å². The first-order valence-electron chi connectivity index (χ1n) is 8.95. The Morgan fingerprint density at radius 2 is 1.89 bits per heavy atom. The number of rotatable bonds is 6. The SMILES string of the molecule is CCc1ccc(NC(=O)CCN2C(=O)COc3ccc(C(C)=O)cc32)cc1. The van der Waals surface area contributed by atoms with Gasteiger partial charge >= 0.3 is 0 Å². The van der Waals surface area contributed by atoms with Crippen LogP contribution < -0.4 is 15.0 Å². The number of hydrogen-bond acceptors (Lipinski definition) is 4. The highest BCUT2D eigenvalue weighted by Crippen LogP contribution is 2.33. The number of ether oxygens (including phenoxy) is 1. The summed E-state index contributed by atoms with van der Waals surface area (Å²) in [6.07, 6.45) is 1.08. The predicted molar refractivity (Wildman–Crippen MR) is 103 cm³/mol. The lowest BCUT2D eigenvalue weighted by molar-refractivity contribution is -0.121. The Labute approximate surface area is 158 Å². The van der Waals surface area contributed by atoms with Crippen LogP contribution in [0.25, 0.3) is 0 Å². The highest BCUT2D eigenvalue weighted by Gasteiger charge is 2.26. The van der Waals surface area contributed by atoms with E-state index in [-0.39, 0.29) is 37.2 Å². The van der Waals surface area contributed by atoms with Crippen LogP contribution in [0.4, 0.5) is 11.4 Å². The van der Waals surface area contributed by atoms with Gasteiger partial charge in [0, 0.05) is 24.2 Å². The van der Waals surface area contributed by atoms with Gasteiger partial charge in [-0.05, 0) is 49.2 Å². The minimum absolute atomic E-state index is 0.0769. The van der Waals surface area contributed by atoms with E-state index in [9.17, 15) is 14.4 Å². The quantitative estimate of drug-likeness (QED) is 0.797. The normalized spacial score (nSPS) is 13.0. The van der Waals surface area contributed by atoms with Crippen molar-refractivity contribution in [3.05, 3.63) is 53.6 Å². The van der Waals surface area contributed by atoms with Gasteiger partial charge in [0.05, 0.1) is 5.69 Å². The highest BCUT2D eigenvalue weighted by molar-refractivity contribution is 6.02. The molecule has 2 aromatic rings. The summed E-state index contributed by atoms with van der Waals surface area (Å²) < 4.78 is 5.42. The Balaban J connectivity index is 1.68. The minimum atomic E-state index is -0.233. The summed E-state index contributed by atoms with van der Waals surface area (Å²) in [4.78, 5) is 37.7. The molecule has 2 aromatic carbocycles. The van der Waals surface area contributed by atoms with E-state index in [1.54, 1.807) is 18.2 Å². The molecule has 0 aromatic heterocycles. The van der Waals surface area contributed by atoms with Crippen LogP contribution in [0.2, 0.25) is 0 Å². The molecule has 6 heteroatoms. The Morgan fingerprint density at radius 1 is 1.15 bits per heavy atom. The molecule has 6 nitrogen and oxygen atoms in total. The van der Waals surface area contributed by atoms with Crippen molar-refractivity contribution in [2.24, 2.45) is 0 Å². The average molecular weight is 366 g/mol. The fourth-order valence-corrected chi connectivity index (χ4v) is 2.93. The second kappa shape index (κ2) is 8.03. The van der Waals surface area contributed by atoms with Gasteiger partial charge in [0.25, 0.3) is 5.91 Å². The second-order valence-electron chi connectivity index (χ2n) is 6.42. The summed E-state index contributed by atoms with van der Waals surface area (Å²) in [5, 5.41) is 2.84. The van der Waals surface area contributed by atoms with Crippen LogP contribution in [0.15, 0.2) is 42.5 Å². The molecule has 1 heterocycles. The van der Waals surface area contributed by atoms with Gasteiger partial charge in [-0.1, -0.05) is 19.1 Å². The molecule has 3 rings (SSSR count). The number of carbonyl (C=O) groups is 3. The molecule has 0 atom stereocenters. The zero-order valence-electron chi connectivity index (χ0n) is 15.5. The molecule has 1 aliphatic heterocycles. The van der Waals surface area contributed by atoms with Crippen molar-refractivity contribution in [1.82, 2.24) is 0 Å². The van der Waals surface area contributed by atoms with Crippen molar-refractivity contribution in [3.63, 3.8) is 0 Å². The maximum Gasteiger partial charge on any atom is 0.265 e. The first-order chi connectivity index (χ1) is 13.0. The first-order valence-corrected chi connectivity index (χ1v) is 8.95. The fourth-order valence-electron chi connectivity index (χ4n) is 2.93. The standard InChI is InChI=1S/C21H22N2O4/c1-3-15-4-7-17(8-5-15)22-20(25)10-11-23-18-12-16(14(2)24)6-9-19(18)27-13-21(23)26/h4-9,12H,3,10-11,13H2,1-2H3,(H,22,25).